The summed E-state index contributed by atoms with van der Waals surface area (Å²) in [6.07, 6.45) is 2.27. The Morgan fingerprint density at radius 2 is 2.23 bits per heavy atom. The third kappa shape index (κ3) is 3.69. The van der Waals surface area contributed by atoms with Gasteiger partial charge in [-0.15, -0.1) is 11.6 Å². The van der Waals surface area contributed by atoms with Crippen molar-refractivity contribution in [2.75, 3.05) is 12.5 Å². The number of hydrogen-bond acceptors (Lipinski definition) is 1. The standard InChI is InChI=1S/C11H15ClO/c1-2-4-10-5-3-6-11(9-10)13-8-7-12/h3,5-6,9H,2,4,7-8H2,1H3. The minimum absolute atomic E-state index is 0.540. The monoisotopic (exact) mass is 198 g/mol. The maximum absolute atomic E-state index is 5.53. The van der Waals surface area contributed by atoms with Gasteiger partial charge in [0.05, 0.1) is 5.88 Å². The molecule has 0 fully saturated rings. The zero-order valence-corrected chi connectivity index (χ0v) is 8.68. The number of hydrogen-bond donors (Lipinski definition) is 0. The molecule has 0 bridgehead atoms. The molecule has 1 nitrogen and oxygen atoms in total. The van der Waals surface area contributed by atoms with Gasteiger partial charge in [0.1, 0.15) is 12.4 Å². The van der Waals surface area contributed by atoms with E-state index in [0.717, 1.165) is 12.2 Å². The predicted octanol–water partition coefficient (Wildman–Crippen LogP) is 3.26. The van der Waals surface area contributed by atoms with Crippen LogP contribution in [0.5, 0.6) is 5.75 Å². The summed E-state index contributed by atoms with van der Waals surface area (Å²) < 4.78 is 5.41. The van der Waals surface area contributed by atoms with Crippen molar-refractivity contribution in [3.8, 4) is 5.75 Å². The van der Waals surface area contributed by atoms with E-state index in [4.69, 9.17) is 16.3 Å². The molecule has 0 heterocycles. The van der Waals surface area contributed by atoms with Gasteiger partial charge in [0.2, 0.25) is 0 Å². The Morgan fingerprint density at radius 1 is 1.38 bits per heavy atom. The molecule has 72 valence electrons. The van der Waals surface area contributed by atoms with Crippen LogP contribution in [0.4, 0.5) is 0 Å². The fraction of sp³-hybridized carbons (Fsp3) is 0.455. The molecule has 0 aliphatic heterocycles. The number of benzene rings is 1. The highest BCUT2D eigenvalue weighted by molar-refractivity contribution is 6.17. The first-order valence-electron chi connectivity index (χ1n) is 4.64. The maximum Gasteiger partial charge on any atom is 0.119 e. The third-order valence-corrected chi connectivity index (χ3v) is 1.94. The Labute approximate surface area is 84.7 Å². The Morgan fingerprint density at radius 3 is 2.92 bits per heavy atom. The van der Waals surface area contributed by atoms with Crippen LogP contribution in [0.15, 0.2) is 24.3 Å². The van der Waals surface area contributed by atoms with Gasteiger partial charge in [0, 0.05) is 0 Å². The van der Waals surface area contributed by atoms with E-state index in [2.05, 4.69) is 19.1 Å². The number of ether oxygens (including phenoxy) is 1. The van der Waals surface area contributed by atoms with Crippen LogP contribution in [0, 0.1) is 0 Å². The normalized spacial score (nSPS) is 10.0. The Bertz CT molecular complexity index is 248. The number of aryl methyl sites for hydroxylation is 1. The first kappa shape index (κ1) is 10.4. The van der Waals surface area contributed by atoms with Crippen LogP contribution in [0.3, 0.4) is 0 Å². The highest BCUT2D eigenvalue weighted by Gasteiger charge is 1.95. The molecule has 0 amide bonds. The van der Waals surface area contributed by atoms with E-state index < -0.39 is 0 Å². The summed E-state index contributed by atoms with van der Waals surface area (Å²) in [6, 6.07) is 8.19. The molecular formula is C11H15ClO. The van der Waals surface area contributed by atoms with Crippen molar-refractivity contribution in [2.45, 2.75) is 19.8 Å². The molecule has 0 aromatic heterocycles. The molecule has 13 heavy (non-hydrogen) atoms. The Balaban J connectivity index is 2.56. The molecule has 0 aliphatic carbocycles. The smallest absolute Gasteiger partial charge is 0.119 e. The van der Waals surface area contributed by atoms with E-state index in [1.165, 1.54) is 12.0 Å². The van der Waals surface area contributed by atoms with Crippen LogP contribution in [-0.2, 0) is 6.42 Å². The number of alkyl halides is 1. The summed E-state index contributed by atoms with van der Waals surface area (Å²) in [5.41, 5.74) is 1.33. The molecule has 0 atom stereocenters. The van der Waals surface area contributed by atoms with Crippen LogP contribution in [-0.4, -0.2) is 12.5 Å². The largest absolute Gasteiger partial charge is 0.492 e. The maximum atomic E-state index is 5.53. The molecular weight excluding hydrogens is 184 g/mol. The van der Waals surface area contributed by atoms with Gasteiger partial charge in [0.15, 0.2) is 0 Å². The van der Waals surface area contributed by atoms with Gasteiger partial charge >= 0.3 is 0 Å². The van der Waals surface area contributed by atoms with Crippen LogP contribution in [0.25, 0.3) is 0 Å². The lowest BCUT2D eigenvalue weighted by Gasteiger charge is -2.05. The summed E-state index contributed by atoms with van der Waals surface area (Å²) >= 11 is 5.53. The topological polar surface area (TPSA) is 9.23 Å². The van der Waals surface area contributed by atoms with Crippen LogP contribution >= 0.6 is 11.6 Å². The summed E-state index contributed by atoms with van der Waals surface area (Å²) in [6.45, 7) is 2.75. The average Bonchev–Trinajstić information content (AvgIpc) is 2.16. The van der Waals surface area contributed by atoms with E-state index >= 15 is 0 Å². The highest BCUT2D eigenvalue weighted by Crippen LogP contribution is 2.14. The van der Waals surface area contributed by atoms with E-state index in [0.29, 0.717) is 12.5 Å². The van der Waals surface area contributed by atoms with Crippen LogP contribution < -0.4 is 4.74 Å². The first-order valence-corrected chi connectivity index (χ1v) is 5.18. The van der Waals surface area contributed by atoms with Crippen molar-refractivity contribution in [3.63, 3.8) is 0 Å². The van der Waals surface area contributed by atoms with Crippen molar-refractivity contribution in [3.05, 3.63) is 29.8 Å². The van der Waals surface area contributed by atoms with E-state index in [1.54, 1.807) is 0 Å². The second kappa shape index (κ2) is 5.87. The van der Waals surface area contributed by atoms with Crippen molar-refractivity contribution >= 4 is 11.6 Å². The van der Waals surface area contributed by atoms with Crippen molar-refractivity contribution < 1.29 is 4.74 Å². The van der Waals surface area contributed by atoms with Gasteiger partial charge in [-0.1, -0.05) is 25.5 Å². The molecule has 1 rings (SSSR count). The Hall–Kier alpha value is -0.690. The lowest BCUT2D eigenvalue weighted by molar-refractivity contribution is 0.342. The zero-order valence-electron chi connectivity index (χ0n) is 7.92. The lowest BCUT2D eigenvalue weighted by atomic mass is 10.1. The third-order valence-electron chi connectivity index (χ3n) is 1.78. The number of rotatable bonds is 5. The van der Waals surface area contributed by atoms with E-state index in [-0.39, 0.29) is 0 Å². The molecule has 1 aromatic carbocycles. The first-order chi connectivity index (χ1) is 6.36. The van der Waals surface area contributed by atoms with Gasteiger partial charge in [-0.05, 0) is 24.1 Å². The fourth-order valence-electron chi connectivity index (χ4n) is 1.24. The molecule has 0 radical (unpaired) electrons. The predicted molar refractivity (Wildman–Crippen MR) is 56.7 cm³/mol. The summed E-state index contributed by atoms with van der Waals surface area (Å²) in [5.74, 6) is 1.46. The average molecular weight is 199 g/mol. The quantitative estimate of drug-likeness (QED) is 0.660. The van der Waals surface area contributed by atoms with Crippen LogP contribution in [0.2, 0.25) is 0 Å². The van der Waals surface area contributed by atoms with E-state index in [9.17, 15) is 0 Å². The molecule has 0 spiro atoms. The van der Waals surface area contributed by atoms with E-state index in [1.807, 2.05) is 12.1 Å². The van der Waals surface area contributed by atoms with Gasteiger partial charge in [-0.25, -0.2) is 0 Å². The molecule has 0 N–H and O–H groups in total. The highest BCUT2D eigenvalue weighted by atomic mass is 35.5. The lowest BCUT2D eigenvalue weighted by Crippen LogP contribution is -1.98. The van der Waals surface area contributed by atoms with Gasteiger partial charge in [-0.3, -0.25) is 0 Å². The van der Waals surface area contributed by atoms with Gasteiger partial charge < -0.3 is 4.74 Å². The SMILES string of the molecule is CCCc1cccc(OCCCl)c1. The van der Waals surface area contributed by atoms with Crippen molar-refractivity contribution in [2.24, 2.45) is 0 Å². The second-order valence-corrected chi connectivity index (χ2v) is 3.31. The van der Waals surface area contributed by atoms with Crippen LogP contribution in [0.1, 0.15) is 18.9 Å². The molecule has 0 saturated heterocycles. The van der Waals surface area contributed by atoms with Crippen molar-refractivity contribution in [1.29, 1.82) is 0 Å². The van der Waals surface area contributed by atoms with Crippen molar-refractivity contribution in [1.82, 2.24) is 0 Å². The summed E-state index contributed by atoms with van der Waals surface area (Å²) in [4.78, 5) is 0. The second-order valence-electron chi connectivity index (χ2n) is 2.93. The molecule has 1 aromatic rings. The molecule has 0 unspecified atom stereocenters. The zero-order chi connectivity index (χ0) is 9.52. The minimum atomic E-state index is 0.540. The fourth-order valence-corrected chi connectivity index (χ4v) is 1.31. The molecule has 0 saturated carbocycles. The molecule has 0 aliphatic rings. The van der Waals surface area contributed by atoms with Gasteiger partial charge in [0.25, 0.3) is 0 Å². The number of halogens is 1. The summed E-state index contributed by atoms with van der Waals surface area (Å²) in [5, 5.41) is 0. The van der Waals surface area contributed by atoms with Gasteiger partial charge in [-0.2, -0.15) is 0 Å². The minimum Gasteiger partial charge on any atom is -0.492 e. The molecule has 2 heteroatoms. The Kier molecular flexibility index (Phi) is 4.69. The summed E-state index contributed by atoms with van der Waals surface area (Å²) in [7, 11) is 0.